The van der Waals surface area contributed by atoms with Crippen molar-refractivity contribution in [2.24, 2.45) is 11.8 Å². The first kappa shape index (κ1) is 18.0. The molecule has 0 heterocycles. The largest absolute Gasteiger partial charge is 0.480 e. The summed E-state index contributed by atoms with van der Waals surface area (Å²) in [6.07, 6.45) is 2.59. The number of amides is 2. The van der Waals surface area contributed by atoms with Crippen LogP contribution in [0.15, 0.2) is 24.3 Å². The van der Waals surface area contributed by atoms with E-state index in [9.17, 15) is 19.5 Å². The number of rotatable bonds is 8. The number of carboxylic acid groups (broad SMARTS) is 1. The standard InChI is InChI=1S/C18H24N2O4/c1-3-11(2)15(18(23)24)20-17(22)14-6-4-12(5-7-14)10-19-16(21)13-8-9-13/h4-7,11,13,15H,3,8-10H2,1-2H3,(H,19,21)(H,20,22)(H,23,24). The third-order valence-electron chi connectivity index (χ3n) is 4.40. The topological polar surface area (TPSA) is 95.5 Å². The highest BCUT2D eigenvalue weighted by Gasteiger charge is 2.29. The maximum absolute atomic E-state index is 12.2. The van der Waals surface area contributed by atoms with Crippen molar-refractivity contribution in [2.45, 2.75) is 45.7 Å². The van der Waals surface area contributed by atoms with Crippen molar-refractivity contribution in [3.8, 4) is 0 Å². The zero-order chi connectivity index (χ0) is 17.7. The molecule has 2 unspecified atom stereocenters. The van der Waals surface area contributed by atoms with Crippen LogP contribution >= 0.6 is 0 Å². The van der Waals surface area contributed by atoms with Crippen LogP contribution in [0.5, 0.6) is 0 Å². The van der Waals surface area contributed by atoms with E-state index in [-0.39, 0.29) is 17.7 Å². The van der Waals surface area contributed by atoms with Gasteiger partial charge in [0.05, 0.1) is 0 Å². The normalized spacial score (nSPS) is 16.1. The Kier molecular flexibility index (Phi) is 5.95. The van der Waals surface area contributed by atoms with Crippen molar-refractivity contribution < 1.29 is 19.5 Å². The minimum absolute atomic E-state index is 0.0784. The second-order valence-electron chi connectivity index (χ2n) is 6.36. The maximum atomic E-state index is 12.2. The maximum Gasteiger partial charge on any atom is 0.326 e. The molecule has 0 spiro atoms. The highest BCUT2D eigenvalue weighted by atomic mass is 16.4. The Morgan fingerprint density at radius 1 is 1.21 bits per heavy atom. The second-order valence-corrected chi connectivity index (χ2v) is 6.36. The van der Waals surface area contributed by atoms with Gasteiger partial charge in [-0.2, -0.15) is 0 Å². The van der Waals surface area contributed by atoms with Crippen molar-refractivity contribution >= 4 is 17.8 Å². The molecule has 0 aromatic heterocycles. The number of hydrogen-bond donors (Lipinski definition) is 3. The molecule has 2 atom stereocenters. The third-order valence-corrected chi connectivity index (χ3v) is 4.40. The van der Waals surface area contributed by atoms with Gasteiger partial charge >= 0.3 is 5.97 Å². The average molecular weight is 332 g/mol. The summed E-state index contributed by atoms with van der Waals surface area (Å²) >= 11 is 0. The Morgan fingerprint density at radius 2 is 1.83 bits per heavy atom. The molecule has 1 fully saturated rings. The summed E-state index contributed by atoms with van der Waals surface area (Å²) in [6.45, 7) is 4.12. The minimum Gasteiger partial charge on any atom is -0.480 e. The number of benzene rings is 1. The number of carboxylic acids is 1. The average Bonchev–Trinajstić information content (AvgIpc) is 3.41. The van der Waals surface area contributed by atoms with E-state index in [1.54, 1.807) is 31.2 Å². The lowest BCUT2D eigenvalue weighted by Gasteiger charge is -2.20. The lowest BCUT2D eigenvalue weighted by molar-refractivity contribution is -0.140. The van der Waals surface area contributed by atoms with Crippen molar-refractivity contribution in [1.82, 2.24) is 10.6 Å². The molecule has 0 saturated heterocycles. The van der Waals surface area contributed by atoms with E-state index in [2.05, 4.69) is 10.6 Å². The van der Waals surface area contributed by atoms with E-state index in [1.165, 1.54) is 0 Å². The van der Waals surface area contributed by atoms with E-state index in [0.29, 0.717) is 18.5 Å². The Bertz CT molecular complexity index is 608. The molecule has 2 rings (SSSR count). The predicted octanol–water partition coefficient (Wildman–Crippen LogP) is 1.94. The van der Waals surface area contributed by atoms with Gasteiger partial charge in [0.2, 0.25) is 5.91 Å². The molecule has 2 amide bonds. The van der Waals surface area contributed by atoms with Crippen LogP contribution in [0.3, 0.4) is 0 Å². The van der Waals surface area contributed by atoms with E-state index < -0.39 is 17.9 Å². The van der Waals surface area contributed by atoms with Crippen LogP contribution in [0.2, 0.25) is 0 Å². The van der Waals surface area contributed by atoms with Crippen molar-refractivity contribution in [3.63, 3.8) is 0 Å². The number of aliphatic carboxylic acids is 1. The molecule has 1 saturated carbocycles. The molecule has 24 heavy (non-hydrogen) atoms. The van der Waals surface area contributed by atoms with Crippen LogP contribution in [0, 0.1) is 11.8 Å². The summed E-state index contributed by atoms with van der Waals surface area (Å²) < 4.78 is 0. The minimum atomic E-state index is -1.03. The van der Waals surface area contributed by atoms with Gasteiger partial charge in [-0.3, -0.25) is 9.59 Å². The fourth-order valence-corrected chi connectivity index (χ4v) is 2.36. The lowest BCUT2D eigenvalue weighted by atomic mass is 9.99. The van der Waals surface area contributed by atoms with Gasteiger partial charge in [0.25, 0.3) is 5.91 Å². The Hall–Kier alpha value is -2.37. The molecule has 1 aromatic rings. The first-order valence-electron chi connectivity index (χ1n) is 8.32. The zero-order valence-corrected chi connectivity index (χ0v) is 14.0. The molecule has 0 radical (unpaired) electrons. The molecular formula is C18H24N2O4. The first-order valence-corrected chi connectivity index (χ1v) is 8.32. The highest BCUT2D eigenvalue weighted by Crippen LogP contribution is 2.28. The van der Waals surface area contributed by atoms with Crippen LogP contribution < -0.4 is 10.6 Å². The molecule has 0 bridgehead atoms. The number of carbonyl (C=O) groups excluding carboxylic acids is 2. The van der Waals surface area contributed by atoms with Gasteiger partial charge in [-0.25, -0.2) is 4.79 Å². The van der Waals surface area contributed by atoms with Gasteiger partial charge in [-0.05, 0) is 36.5 Å². The van der Waals surface area contributed by atoms with Crippen LogP contribution in [0.25, 0.3) is 0 Å². The van der Waals surface area contributed by atoms with Crippen LogP contribution in [0.1, 0.15) is 49.0 Å². The van der Waals surface area contributed by atoms with E-state index in [0.717, 1.165) is 18.4 Å². The fourth-order valence-electron chi connectivity index (χ4n) is 2.36. The van der Waals surface area contributed by atoms with Crippen molar-refractivity contribution in [2.75, 3.05) is 0 Å². The number of hydrogen-bond acceptors (Lipinski definition) is 3. The van der Waals surface area contributed by atoms with Gasteiger partial charge in [0, 0.05) is 18.0 Å². The van der Waals surface area contributed by atoms with Gasteiger partial charge < -0.3 is 15.7 Å². The SMILES string of the molecule is CCC(C)C(NC(=O)c1ccc(CNC(=O)C2CC2)cc1)C(=O)O. The molecule has 1 aromatic carbocycles. The first-order chi connectivity index (χ1) is 11.4. The summed E-state index contributed by atoms with van der Waals surface area (Å²) in [5.41, 5.74) is 1.30. The summed E-state index contributed by atoms with van der Waals surface area (Å²) in [6, 6.07) is 5.91. The summed E-state index contributed by atoms with van der Waals surface area (Å²) in [5, 5.41) is 14.7. The number of carbonyl (C=O) groups is 3. The molecular weight excluding hydrogens is 308 g/mol. The second kappa shape index (κ2) is 7.95. The quantitative estimate of drug-likeness (QED) is 0.678. The van der Waals surface area contributed by atoms with Gasteiger partial charge in [-0.1, -0.05) is 32.4 Å². The lowest BCUT2D eigenvalue weighted by Crippen LogP contribution is -2.45. The highest BCUT2D eigenvalue weighted by molar-refractivity contribution is 5.96. The van der Waals surface area contributed by atoms with Gasteiger partial charge in [-0.15, -0.1) is 0 Å². The zero-order valence-electron chi connectivity index (χ0n) is 14.0. The summed E-state index contributed by atoms with van der Waals surface area (Å²) in [7, 11) is 0. The number of nitrogens with one attached hydrogen (secondary N) is 2. The Morgan fingerprint density at radius 3 is 2.33 bits per heavy atom. The molecule has 130 valence electrons. The Balaban J connectivity index is 1.92. The summed E-state index contributed by atoms with van der Waals surface area (Å²) in [5.74, 6) is -1.34. The molecule has 3 N–H and O–H groups in total. The van der Waals surface area contributed by atoms with Gasteiger partial charge in [0.15, 0.2) is 0 Å². The Labute approximate surface area is 141 Å². The third kappa shape index (κ3) is 4.81. The van der Waals surface area contributed by atoms with E-state index >= 15 is 0 Å². The molecule has 0 aliphatic heterocycles. The van der Waals surface area contributed by atoms with Crippen LogP contribution in [0.4, 0.5) is 0 Å². The van der Waals surface area contributed by atoms with E-state index in [1.807, 2.05) is 6.92 Å². The van der Waals surface area contributed by atoms with Crippen molar-refractivity contribution in [1.29, 1.82) is 0 Å². The van der Waals surface area contributed by atoms with Crippen LogP contribution in [-0.2, 0) is 16.1 Å². The monoisotopic (exact) mass is 332 g/mol. The van der Waals surface area contributed by atoms with Gasteiger partial charge in [0.1, 0.15) is 6.04 Å². The van der Waals surface area contributed by atoms with Crippen molar-refractivity contribution in [3.05, 3.63) is 35.4 Å². The molecule has 6 heteroatoms. The van der Waals surface area contributed by atoms with Crippen LogP contribution in [-0.4, -0.2) is 28.9 Å². The summed E-state index contributed by atoms with van der Waals surface area (Å²) in [4.78, 5) is 35.1. The molecule has 1 aliphatic carbocycles. The fraction of sp³-hybridized carbons (Fsp3) is 0.500. The predicted molar refractivity (Wildman–Crippen MR) is 89.4 cm³/mol. The molecule has 1 aliphatic rings. The smallest absolute Gasteiger partial charge is 0.326 e. The molecule has 6 nitrogen and oxygen atoms in total. The van der Waals surface area contributed by atoms with E-state index in [4.69, 9.17) is 0 Å².